The molecule has 1 nitrogen and oxygen atoms in total. The molecular formula is C16H16ClN. The van der Waals surface area contributed by atoms with Crippen LogP contribution < -0.4 is 5.32 Å². The average Bonchev–Trinajstić information content (AvgIpc) is 2.63. The first-order chi connectivity index (χ1) is 8.86. The van der Waals surface area contributed by atoms with Crippen molar-refractivity contribution in [3.05, 3.63) is 70.2 Å². The fourth-order valence-corrected chi connectivity index (χ4v) is 2.99. The number of hydrogen-bond acceptors (Lipinski definition) is 1. The zero-order valence-corrected chi connectivity index (χ0v) is 11.0. The van der Waals surface area contributed by atoms with Crippen LogP contribution in [0.1, 0.15) is 22.6 Å². The molecular weight excluding hydrogens is 242 g/mol. The van der Waals surface area contributed by atoms with E-state index in [-0.39, 0.29) is 0 Å². The highest BCUT2D eigenvalue weighted by Crippen LogP contribution is 2.32. The lowest BCUT2D eigenvalue weighted by Gasteiger charge is -2.18. The summed E-state index contributed by atoms with van der Waals surface area (Å²) in [4.78, 5) is 0. The van der Waals surface area contributed by atoms with Gasteiger partial charge in [-0.15, -0.1) is 0 Å². The third-order valence-electron chi connectivity index (χ3n) is 3.63. The molecule has 3 rings (SSSR count). The lowest BCUT2D eigenvalue weighted by Crippen LogP contribution is -2.20. The molecule has 0 aromatic heterocycles. The van der Waals surface area contributed by atoms with Crippen LogP contribution in [-0.2, 0) is 6.42 Å². The summed E-state index contributed by atoms with van der Waals surface area (Å²) >= 11 is 6.34. The molecule has 2 aromatic carbocycles. The monoisotopic (exact) mass is 257 g/mol. The second kappa shape index (κ2) is 5.13. The maximum atomic E-state index is 6.34. The Bertz CT molecular complexity index is 536. The standard InChI is InChI=1S/C16H16ClN/c17-16-8-4-7-13-14(16)9-10-18-11-15(13)12-5-2-1-3-6-12/h1-8,15,18H,9-11H2. The summed E-state index contributed by atoms with van der Waals surface area (Å²) in [7, 11) is 0. The summed E-state index contributed by atoms with van der Waals surface area (Å²) < 4.78 is 0. The van der Waals surface area contributed by atoms with Crippen LogP contribution in [-0.4, -0.2) is 13.1 Å². The van der Waals surface area contributed by atoms with Gasteiger partial charge in [0, 0.05) is 17.5 Å². The Morgan fingerprint density at radius 3 is 2.67 bits per heavy atom. The first-order valence-electron chi connectivity index (χ1n) is 6.39. The molecule has 1 unspecified atom stereocenters. The van der Waals surface area contributed by atoms with Gasteiger partial charge < -0.3 is 5.32 Å². The van der Waals surface area contributed by atoms with Crippen molar-refractivity contribution >= 4 is 11.6 Å². The molecule has 0 bridgehead atoms. The Balaban J connectivity index is 2.10. The summed E-state index contributed by atoms with van der Waals surface area (Å²) in [5.74, 6) is 0.405. The Hall–Kier alpha value is -1.31. The molecule has 1 aliphatic rings. The highest BCUT2D eigenvalue weighted by Gasteiger charge is 2.21. The molecule has 1 aliphatic heterocycles. The maximum absolute atomic E-state index is 6.34. The topological polar surface area (TPSA) is 12.0 Å². The van der Waals surface area contributed by atoms with Crippen LogP contribution in [0.25, 0.3) is 0 Å². The highest BCUT2D eigenvalue weighted by atomic mass is 35.5. The van der Waals surface area contributed by atoms with E-state index in [0.717, 1.165) is 24.5 Å². The van der Waals surface area contributed by atoms with E-state index in [4.69, 9.17) is 11.6 Å². The van der Waals surface area contributed by atoms with E-state index in [1.165, 1.54) is 16.7 Å². The number of halogens is 1. The molecule has 18 heavy (non-hydrogen) atoms. The number of benzene rings is 2. The van der Waals surface area contributed by atoms with Crippen LogP contribution in [0.5, 0.6) is 0 Å². The molecule has 92 valence electrons. The van der Waals surface area contributed by atoms with Gasteiger partial charge in [-0.05, 0) is 35.7 Å². The van der Waals surface area contributed by atoms with E-state index >= 15 is 0 Å². The highest BCUT2D eigenvalue weighted by molar-refractivity contribution is 6.31. The van der Waals surface area contributed by atoms with E-state index in [2.05, 4.69) is 47.8 Å². The Morgan fingerprint density at radius 1 is 1.00 bits per heavy atom. The van der Waals surface area contributed by atoms with Crippen LogP contribution in [0.15, 0.2) is 48.5 Å². The van der Waals surface area contributed by atoms with Crippen LogP contribution in [0.2, 0.25) is 5.02 Å². The summed E-state index contributed by atoms with van der Waals surface area (Å²) in [6, 6.07) is 16.9. The zero-order chi connectivity index (χ0) is 12.4. The van der Waals surface area contributed by atoms with Gasteiger partial charge in [-0.25, -0.2) is 0 Å². The molecule has 0 saturated carbocycles. The van der Waals surface area contributed by atoms with Gasteiger partial charge in [0.2, 0.25) is 0 Å². The van der Waals surface area contributed by atoms with Gasteiger partial charge in [-0.1, -0.05) is 54.1 Å². The Morgan fingerprint density at radius 2 is 1.83 bits per heavy atom. The van der Waals surface area contributed by atoms with E-state index in [1.807, 2.05) is 6.07 Å². The number of fused-ring (bicyclic) bond motifs is 1. The largest absolute Gasteiger partial charge is 0.315 e. The van der Waals surface area contributed by atoms with Crippen LogP contribution in [0, 0.1) is 0 Å². The van der Waals surface area contributed by atoms with Gasteiger partial charge in [0.15, 0.2) is 0 Å². The van der Waals surface area contributed by atoms with Crippen LogP contribution >= 0.6 is 11.6 Å². The van der Waals surface area contributed by atoms with Gasteiger partial charge in [0.05, 0.1) is 0 Å². The zero-order valence-electron chi connectivity index (χ0n) is 10.2. The summed E-state index contributed by atoms with van der Waals surface area (Å²) in [6.45, 7) is 1.98. The fourth-order valence-electron chi connectivity index (χ4n) is 2.72. The van der Waals surface area contributed by atoms with E-state index in [0.29, 0.717) is 5.92 Å². The van der Waals surface area contributed by atoms with Crippen molar-refractivity contribution in [2.45, 2.75) is 12.3 Å². The van der Waals surface area contributed by atoms with Crippen molar-refractivity contribution in [3.8, 4) is 0 Å². The second-order valence-electron chi connectivity index (χ2n) is 4.73. The van der Waals surface area contributed by atoms with Crippen molar-refractivity contribution in [2.75, 3.05) is 13.1 Å². The van der Waals surface area contributed by atoms with Gasteiger partial charge >= 0.3 is 0 Å². The van der Waals surface area contributed by atoms with Gasteiger partial charge in [-0.3, -0.25) is 0 Å². The molecule has 1 heterocycles. The quantitative estimate of drug-likeness (QED) is 0.823. The minimum Gasteiger partial charge on any atom is -0.315 e. The number of nitrogens with one attached hydrogen (secondary N) is 1. The molecule has 0 amide bonds. The van der Waals surface area contributed by atoms with E-state index < -0.39 is 0 Å². The predicted molar refractivity (Wildman–Crippen MR) is 76.3 cm³/mol. The summed E-state index contributed by atoms with van der Waals surface area (Å²) in [5.41, 5.74) is 4.03. The Labute approximate surface area is 113 Å². The molecule has 0 radical (unpaired) electrons. The van der Waals surface area contributed by atoms with Crippen molar-refractivity contribution in [1.82, 2.24) is 5.32 Å². The molecule has 1 atom stereocenters. The predicted octanol–water partition coefficient (Wildman–Crippen LogP) is 3.62. The Kier molecular flexibility index (Phi) is 3.35. The molecule has 0 spiro atoms. The number of rotatable bonds is 1. The third kappa shape index (κ3) is 2.16. The van der Waals surface area contributed by atoms with Crippen LogP contribution in [0.4, 0.5) is 0 Å². The molecule has 1 N–H and O–H groups in total. The average molecular weight is 258 g/mol. The third-order valence-corrected chi connectivity index (χ3v) is 3.99. The van der Waals surface area contributed by atoms with E-state index in [1.54, 1.807) is 0 Å². The van der Waals surface area contributed by atoms with Gasteiger partial charge in [-0.2, -0.15) is 0 Å². The van der Waals surface area contributed by atoms with E-state index in [9.17, 15) is 0 Å². The summed E-state index contributed by atoms with van der Waals surface area (Å²) in [5, 5.41) is 4.41. The minimum atomic E-state index is 0.405. The lowest BCUT2D eigenvalue weighted by atomic mass is 9.88. The van der Waals surface area contributed by atoms with Gasteiger partial charge in [0.1, 0.15) is 0 Å². The minimum absolute atomic E-state index is 0.405. The second-order valence-corrected chi connectivity index (χ2v) is 5.13. The van der Waals surface area contributed by atoms with Gasteiger partial charge in [0.25, 0.3) is 0 Å². The molecule has 2 heteroatoms. The van der Waals surface area contributed by atoms with Crippen molar-refractivity contribution in [1.29, 1.82) is 0 Å². The molecule has 2 aromatic rings. The molecule has 0 fully saturated rings. The fraction of sp³-hybridized carbons (Fsp3) is 0.250. The first-order valence-corrected chi connectivity index (χ1v) is 6.77. The van der Waals surface area contributed by atoms with Crippen LogP contribution in [0.3, 0.4) is 0 Å². The number of hydrogen-bond donors (Lipinski definition) is 1. The first kappa shape index (κ1) is 11.8. The van der Waals surface area contributed by atoms with Crippen molar-refractivity contribution in [2.24, 2.45) is 0 Å². The maximum Gasteiger partial charge on any atom is 0.0441 e. The van der Waals surface area contributed by atoms with Crippen molar-refractivity contribution < 1.29 is 0 Å². The van der Waals surface area contributed by atoms with Crippen molar-refractivity contribution in [3.63, 3.8) is 0 Å². The smallest absolute Gasteiger partial charge is 0.0441 e. The molecule has 0 aliphatic carbocycles. The summed E-state index contributed by atoms with van der Waals surface area (Å²) in [6.07, 6.45) is 1.01. The molecule has 0 saturated heterocycles. The lowest BCUT2D eigenvalue weighted by molar-refractivity contribution is 0.665. The SMILES string of the molecule is Clc1cccc2c1CCNCC2c1ccccc1. The normalized spacial score (nSPS) is 19.1.